The highest BCUT2D eigenvalue weighted by molar-refractivity contribution is 6.30. The molecule has 4 nitrogen and oxygen atoms in total. The van der Waals surface area contributed by atoms with E-state index >= 15 is 0 Å². The lowest BCUT2D eigenvalue weighted by molar-refractivity contribution is 0.298. The van der Waals surface area contributed by atoms with Crippen molar-refractivity contribution in [2.75, 3.05) is 25.6 Å². The number of anilines is 1. The van der Waals surface area contributed by atoms with Gasteiger partial charge in [0.1, 0.15) is 5.82 Å². The Morgan fingerprint density at radius 2 is 1.94 bits per heavy atom. The number of aromatic nitrogens is 2. The fraction of sp³-hybridized carbons (Fsp3) is 0.308. The molecule has 2 N–H and O–H groups in total. The first-order valence-corrected chi connectivity index (χ1v) is 6.12. The zero-order valence-corrected chi connectivity index (χ0v) is 11.2. The van der Waals surface area contributed by atoms with Crippen LogP contribution in [0.4, 0.5) is 5.69 Å². The van der Waals surface area contributed by atoms with Crippen LogP contribution in [0, 0.1) is 0 Å². The zero-order chi connectivity index (χ0) is 13.1. The number of H-pyrrole nitrogens is 1. The van der Waals surface area contributed by atoms with Gasteiger partial charge in [0.25, 0.3) is 0 Å². The van der Waals surface area contributed by atoms with E-state index in [0.29, 0.717) is 11.6 Å². The lowest BCUT2D eigenvalue weighted by atomic mass is 10.2. The smallest absolute Gasteiger partial charge is 0.150 e. The van der Waals surface area contributed by atoms with Crippen molar-refractivity contribution in [2.24, 2.45) is 0 Å². The summed E-state index contributed by atoms with van der Waals surface area (Å²) in [6, 6.07) is 8.04. The number of aliphatic hydroxyl groups is 1. The maximum absolute atomic E-state index is 8.91. The van der Waals surface area contributed by atoms with Crippen molar-refractivity contribution in [1.29, 1.82) is 0 Å². The zero-order valence-electron chi connectivity index (χ0n) is 10.4. The molecule has 2 rings (SSSR count). The van der Waals surface area contributed by atoms with E-state index in [1.165, 1.54) is 0 Å². The first kappa shape index (κ1) is 12.9. The Kier molecular flexibility index (Phi) is 3.89. The fourth-order valence-electron chi connectivity index (χ4n) is 1.72. The second-order valence-corrected chi connectivity index (χ2v) is 4.63. The van der Waals surface area contributed by atoms with Crippen LogP contribution in [0.2, 0.25) is 5.15 Å². The number of hydrogen-bond donors (Lipinski definition) is 2. The summed E-state index contributed by atoms with van der Waals surface area (Å²) >= 11 is 5.99. The first-order valence-electron chi connectivity index (χ1n) is 5.75. The van der Waals surface area contributed by atoms with Crippen LogP contribution in [-0.2, 0) is 6.42 Å². The third kappa shape index (κ3) is 2.66. The van der Waals surface area contributed by atoms with Gasteiger partial charge in [0.2, 0.25) is 0 Å². The fourth-order valence-corrected chi connectivity index (χ4v) is 1.95. The number of imidazole rings is 1. The van der Waals surface area contributed by atoms with Crippen LogP contribution in [-0.4, -0.2) is 35.8 Å². The summed E-state index contributed by atoms with van der Waals surface area (Å²) in [5, 5.41) is 9.34. The third-order valence-corrected chi connectivity index (χ3v) is 3.06. The molecule has 0 aliphatic heterocycles. The minimum atomic E-state index is 0.0565. The van der Waals surface area contributed by atoms with Crippen molar-refractivity contribution in [2.45, 2.75) is 6.42 Å². The van der Waals surface area contributed by atoms with E-state index in [1.807, 2.05) is 43.3 Å². The topological polar surface area (TPSA) is 52.1 Å². The van der Waals surface area contributed by atoms with Gasteiger partial charge in [-0.1, -0.05) is 11.6 Å². The van der Waals surface area contributed by atoms with Gasteiger partial charge in [-0.05, 0) is 24.3 Å². The lowest BCUT2D eigenvalue weighted by Gasteiger charge is -2.12. The predicted octanol–water partition coefficient (Wildman–Crippen LogP) is 2.33. The molecule has 0 spiro atoms. The molecule has 0 aliphatic carbocycles. The monoisotopic (exact) mass is 265 g/mol. The van der Waals surface area contributed by atoms with Gasteiger partial charge in [-0.2, -0.15) is 0 Å². The van der Waals surface area contributed by atoms with Gasteiger partial charge in [0, 0.05) is 38.4 Å². The Labute approximate surface area is 111 Å². The minimum absolute atomic E-state index is 0.0565. The van der Waals surface area contributed by atoms with Crippen molar-refractivity contribution < 1.29 is 5.11 Å². The van der Waals surface area contributed by atoms with Crippen LogP contribution >= 0.6 is 11.6 Å². The van der Waals surface area contributed by atoms with Crippen molar-refractivity contribution in [1.82, 2.24) is 9.97 Å². The maximum Gasteiger partial charge on any atom is 0.150 e. The predicted molar refractivity (Wildman–Crippen MR) is 74.2 cm³/mol. The molecule has 0 unspecified atom stereocenters. The molecule has 1 aromatic heterocycles. The van der Waals surface area contributed by atoms with Crippen molar-refractivity contribution in [3.63, 3.8) is 0 Å². The van der Waals surface area contributed by atoms with Gasteiger partial charge < -0.3 is 15.0 Å². The number of benzene rings is 1. The van der Waals surface area contributed by atoms with Crippen LogP contribution < -0.4 is 4.90 Å². The van der Waals surface area contributed by atoms with Gasteiger partial charge in [-0.25, -0.2) is 4.98 Å². The minimum Gasteiger partial charge on any atom is -0.396 e. The van der Waals surface area contributed by atoms with Crippen LogP contribution in [0.15, 0.2) is 24.3 Å². The highest BCUT2D eigenvalue weighted by Crippen LogP contribution is 2.23. The molecule has 0 bridgehead atoms. The van der Waals surface area contributed by atoms with Crippen LogP contribution in [0.5, 0.6) is 0 Å². The molecule has 0 amide bonds. The molecule has 2 aromatic rings. The molecule has 0 atom stereocenters. The summed E-state index contributed by atoms with van der Waals surface area (Å²) in [4.78, 5) is 9.43. The quantitative estimate of drug-likeness (QED) is 0.892. The van der Waals surface area contributed by atoms with Crippen LogP contribution in [0.1, 0.15) is 5.69 Å². The Morgan fingerprint density at radius 1 is 1.28 bits per heavy atom. The van der Waals surface area contributed by atoms with E-state index in [9.17, 15) is 0 Å². The lowest BCUT2D eigenvalue weighted by Crippen LogP contribution is -2.07. The highest BCUT2D eigenvalue weighted by atomic mass is 35.5. The Hall–Kier alpha value is -1.52. The number of aromatic amines is 1. The summed E-state index contributed by atoms with van der Waals surface area (Å²) in [6.45, 7) is 0.0565. The van der Waals surface area contributed by atoms with Gasteiger partial charge in [0.05, 0.1) is 5.69 Å². The second kappa shape index (κ2) is 5.42. The Balaban J connectivity index is 2.28. The molecule has 0 saturated carbocycles. The van der Waals surface area contributed by atoms with E-state index in [0.717, 1.165) is 22.8 Å². The highest BCUT2D eigenvalue weighted by Gasteiger charge is 2.09. The van der Waals surface area contributed by atoms with Gasteiger partial charge in [-0.15, -0.1) is 0 Å². The molecule has 0 fully saturated rings. The molecule has 5 heteroatoms. The number of nitrogens with one attached hydrogen (secondary N) is 1. The largest absolute Gasteiger partial charge is 0.396 e. The van der Waals surface area contributed by atoms with E-state index in [2.05, 4.69) is 9.97 Å². The standard InChI is InChI=1S/C13H16ClN3O/c1-17(2)10-5-3-9(4-6-10)13-15-11(7-8-18)12(14)16-13/h3-6,18H,7-8H2,1-2H3,(H,15,16). The summed E-state index contributed by atoms with van der Waals surface area (Å²) in [5.41, 5.74) is 2.88. The SMILES string of the molecule is CN(C)c1ccc(-c2nc(Cl)c(CCO)[nH]2)cc1. The molecule has 18 heavy (non-hydrogen) atoms. The molecule has 96 valence electrons. The van der Waals surface area contributed by atoms with Crippen LogP contribution in [0.3, 0.4) is 0 Å². The molecule has 0 aliphatic rings. The summed E-state index contributed by atoms with van der Waals surface area (Å²) < 4.78 is 0. The average molecular weight is 266 g/mol. The van der Waals surface area contributed by atoms with Crippen LogP contribution in [0.25, 0.3) is 11.4 Å². The average Bonchev–Trinajstić information content (AvgIpc) is 2.72. The van der Waals surface area contributed by atoms with Crippen molar-refractivity contribution in [3.8, 4) is 11.4 Å². The number of rotatable bonds is 4. The van der Waals surface area contributed by atoms with E-state index < -0.39 is 0 Å². The summed E-state index contributed by atoms with van der Waals surface area (Å²) in [7, 11) is 4.00. The van der Waals surface area contributed by atoms with E-state index in [1.54, 1.807) is 0 Å². The van der Waals surface area contributed by atoms with Crippen molar-refractivity contribution >= 4 is 17.3 Å². The molecular formula is C13H16ClN3O. The van der Waals surface area contributed by atoms with Crippen molar-refractivity contribution in [3.05, 3.63) is 35.1 Å². The van der Waals surface area contributed by atoms with Gasteiger partial charge in [-0.3, -0.25) is 0 Å². The summed E-state index contributed by atoms with van der Waals surface area (Å²) in [6.07, 6.45) is 0.488. The summed E-state index contributed by atoms with van der Waals surface area (Å²) in [5.74, 6) is 0.730. The number of hydrogen-bond acceptors (Lipinski definition) is 3. The molecule has 1 heterocycles. The number of halogens is 1. The first-order chi connectivity index (χ1) is 8.61. The second-order valence-electron chi connectivity index (χ2n) is 4.27. The number of nitrogens with zero attached hydrogens (tertiary/aromatic N) is 2. The third-order valence-electron chi connectivity index (χ3n) is 2.75. The Morgan fingerprint density at radius 3 is 2.50 bits per heavy atom. The van der Waals surface area contributed by atoms with E-state index in [4.69, 9.17) is 16.7 Å². The maximum atomic E-state index is 8.91. The molecular weight excluding hydrogens is 250 g/mol. The molecule has 0 radical (unpaired) electrons. The van der Waals surface area contributed by atoms with E-state index in [-0.39, 0.29) is 6.61 Å². The van der Waals surface area contributed by atoms with Gasteiger partial charge in [0.15, 0.2) is 5.15 Å². The molecule has 1 aromatic carbocycles. The van der Waals surface area contributed by atoms with Gasteiger partial charge >= 0.3 is 0 Å². The molecule has 0 saturated heterocycles. The normalized spacial score (nSPS) is 10.7. The Bertz CT molecular complexity index is 520. The number of aliphatic hydroxyl groups excluding tert-OH is 1.